The fourth-order valence-electron chi connectivity index (χ4n) is 1.29. The minimum Gasteiger partial charge on any atom is -0.380 e. The molecule has 1 aromatic rings. The van der Waals surface area contributed by atoms with Gasteiger partial charge in [0.15, 0.2) is 0 Å². The minimum absolute atomic E-state index is 0.0736. The average Bonchev–Trinajstić information content (AvgIpc) is 2.15. The normalized spacial score (nSPS) is 10.6. The highest BCUT2D eigenvalue weighted by atomic mass is 16.6. The Morgan fingerprint density at radius 3 is 2.50 bits per heavy atom. The first-order valence-corrected chi connectivity index (χ1v) is 4.80. The Morgan fingerprint density at radius 1 is 1.44 bits per heavy atom. The topological polar surface area (TPSA) is 79.0 Å². The molecular formula is C11H13N3O2. The Hall–Kier alpha value is -2.09. The van der Waals surface area contributed by atoms with E-state index in [1.165, 1.54) is 12.1 Å². The van der Waals surface area contributed by atoms with E-state index < -0.39 is 4.92 Å². The molecule has 0 aromatic heterocycles. The van der Waals surface area contributed by atoms with Crippen molar-refractivity contribution < 1.29 is 4.92 Å². The van der Waals surface area contributed by atoms with Gasteiger partial charge in [0.25, 0.3) is 5.69 Å². The summed E-state index contributed by atoms with van der Waals surface area (Å²) in [7, 11) is 0. The van der Waals surface area contributed by atoms with Crippen molar-refractivity contribution in [3.05, 3.63) is 33.9 Å². The van der Waals surface area contributed by atoms with E-state index in [9.17, 15) is 10.1 Å². The van der Waals surface area contributed by atoms with Gasteiger partial charge in [-0.05, 0) is 32.9 Å². The second kappa shape index (κ2) is 4.19. The molecule has 0 aliphatic heterocycles. The number of nitriles is 1. The first-order chi connectivity index (χ1) is 7.33. The van der Waals surface area contributed by atoms with E-state index in [1.807, 2.05) is 20.8 Å². The third kappa shape index (κ3) is 2.95. The number of hydrogen-bond acceptors (Lipinski definition) is 4. The van der Waals surface area contributed by atoms with Gasteiger partial charge >= 0.3 is 0 Å². The molecule has 1 N–H and O–H groups in total. The zero-order valence-corrected chi connectivity index (χ0v) is 9.44. The molecule has 1 rings (SSSR count). The molecular weight excluding hydrogens is 206 g/mol. The summed E-state index contributed by atoms with van der Waals surface area (Å²) in [5, 5.41) is 22.6. The number of rotatable bonds is 2. The molecule has 0 atom stereocenters. The van der Waals surface area contributed by atoms with E-state index in [0.29, 0.717) is 5.69 Å². The molecule has 0 saturated heterocycles. The number of nitro benzene ring substituents is 1. The Balaban J connectivity index is 3.14. The summed E-state index contributed by atoms with van der Waals surface area (Å²) in [5.41, 5.74) is 0.363. The van der Waals surface area contributed by atoms with Crippen LogP contribution < -0.4 is 5.32 Å². The van der Waals surface area contributed by atoms with Gasteiger partial charge in [0.2, 0.25) is 0 Å². The maximum Gasteiger partial charge on any atom is 0.289 e. The number of nitrogens with one attached hydrogen (secondary N) is 1. The number of nitrogens with zero attached hydrogens (tertiary/aromatic N) is 2. The lowest BCUT2D eigenvalue weighted by atomic mass is 10.1. The van der Waals surface area contributed by atoms with Crippen molar-refractivity contribution in [2.75, 3.05) is 5.32 Å². The third-order valence-electron chi connectivity index (χ3n) is 1.83. The number of benzene rings is 1. The molecule has 0 amide bonds. The summed E-state index contributed by atoms with van der Waals surface area (Å²) in [6.07, 6.45) is 0. The lowest BCUT2D eigenvalue weighted by Crippen LogP contribution is -2.26. The molecule has 0 bridgehead atoms. The van der Waals surface area contributed by atoms with Gasteiger partial charge in [-0.15, -0.1) is 0 Å². The van der Waals surface area contributed by atoms with Crippen LogP contribution in [0.4, 0.5) is 11.4 Å². The van der Waals surface area contributed by atoms with Gasteiger partial charge in [-0.3, -0.25) is 10.1 Å². The van der Waals surface area contributed by atoms with Crippen molar-refractivity contribution in [2.45, 2.75) is 26.3 Å². The maximum absolute atomic E-state index is 10.7. The van der Waals surface area contributed by atoms with Gasteiger partial charge in [0.05, 0.1) is 4.92 Å². The number of hydrogen-bond donors (Lipinski definition) is 1. The third-order valence-corrected chi connectivity index (χ3v) is 1.83. The molecule has 16 heavy (non-hydrogen) atoms. The van der Waals surface area contributed by atoms with Gasteiger partial charge < -0.3 is 5.32 Å². The first-order valence-electron chi connectivity index (χ1n) is 4.80. The molecule has 0 unspecified atom stereocenters. The zero-order chi connectivity index (χ0) is 12.3. The largest absolute Gasteiger partial charge is 0.380 e. The molecule has 0 aliphatic rings. The van der Waals surface area contributed by atoms with Crippen molar-refractivity contribution in [3.63, 3.8) is 0 Å². The van der Waals surface area contributed by atoms with E-state index in [0.717, 1.165) is 0 Å². The van der Waals surface area contributed by atoms with Crippen LogP contribution in [0.1, 0.15) is 26.3 Å². The van der Waals surface area contributed by atoms with Crippen LogP contribution in [0.5, 0.6) is 0 Å². The van der Waals surface area contributed by atoms with Crippen molar-refractivity contribution in [3.8, 4) is 6.07 Å². The van der Waals surface area contributed by atoms with Crippen molar-refractivity contribution in [1.82, 2.24) is 0 Å². The minimum atomic E-state index is -0.549. The number of anilines is 1. The Kier molecular flexibility index (Phi) is 3.14. The molecule has 0 saturated carbocycles. The van der Waals surface area contributed by atoms with Crippen LogP contribution in [-0.4, -0.2) is 10.5 Å². The molecule has 5 nitrogen and oxygen atoms in total. The van der Waals surface area contributed by atoms with Gasteiger partial charge in [-0.2, -0.15) is 5.26 Å². The predicted octanol–water partition coefficient (Wildman–Crippen LogP) is 2.68. The van der Waals surface area contributed by atoms with E-state index >= 15 is 0 Å². The maximum atomic E-state index is 10.7. The lowest BCUT2D eigenvalue weighted by Gasteiger charge is -2.21. The Bertz CT molecular complexity index is 455. The van der Waals surface area contributed by atoms with Crippen LogP contribution in [0.15, 0.2) is 18.2 Å². The van der Waals surface area contributed by atoms with Crippen molar-refractivity contribution in [2.24, 2.45) is 0 Å². The molecule has 0 spiro atoms. The van der Waals surface area contributed by atoms with Crippen LogP contribution in [0.2, 0.25) is 0 Å². The van der Waals surface area contributed by atoms with E-state index in [2.05, 4.69) is 5.32 Å². The van der Waals surface area contributed by atoms with Gasteiger partial charge in [0.1, 0.15) is 11.6 Å². The highest BCUT2D eigenvalue weighted by Crippen LogP contribution is 2.24. The Morgan fingerprint density at radius 2 is 2.06 bits per heavy atom. The van der Waals surface area contributed by atoms with E-state index in [1.54, 1.807) is 12.1 Å². The summed E-state index contributed by atoms with van der Waals surface area (Å²) in [6, 6.07) is 6.29. The molecule has 84 valence electrons. The molecule has 0 aliphatic carbocycles. The molecule has 0 fully saturated rings. The molecule has 5 heteroatoms. The quantitative estimate of drug-likeness (QED) is 0.612. The van der Waals surface area contributed by atoms with Gasteiger partial charge in [0, 0.05) is 17.3 Å². The van der Waals surface area contributed by atoms with Crippen LogP contribution in [0.3, 0.4) is 0 Å². The lowest BCUT2D eigenvalue weighted by molar-refractivity contribution is -0.385. The van der Waals surface area contributed by atoms with Crippen LogP contribution in [-0.2, 0) is 0 Å². The zero-order valence-electron chi connectivity index (χ0n) is 9.44. The standard InChI is InChI=1S/C11H13N3O2/c1-11(2,3)13-9-5-4-8(7-12)10(6-9)14(15)16/h4-6,13H,1-3H3. The monoisotopic (exact) mass is 219 g/mol. The second-order valence-corrected chi connectivity index (χ2v) is 4.48. The molecule has 0 radical (unpaired) electrons. The Labute approximate surface area is 93.9 Å². The second-order valence-electron chi connectivity index (χ2n) is 4.48. The van der Waals surface area contributed by atoms with E-state index in [-0.39, 0.29) is 16.8 Å². The SMILES string of the molecule is CC(C)(C)Nc1ccc(C#N)c([N+](=O)[O-])c1. The van der Waals surface area contributed by atoms with Crippen LogP contribution in [0, 0.1) is 21.4 Å². The van der Waals surface area contributed by atoms with Gasteiger partial charge in [-0.1, -0.05) is 0 Å². The van der Waals surface area contributed by atoms with Gasteiger partial charge in [-0.25, -0.2) is 0 Å². The fraction of sp³-hybridized carbons (Fsp3) is 0.364. The predicted molar refractivity (Wildman–Crippen MR) is 61.2 cm³/mol. The summed E-state index contributed by atoms with van der Waals surface area (Å²) in [4.78, 5) is 10.2. The average molecular weight is 219 g/mol. The van der Waals surface area contributed by atoms with Crippen molar-refractivity contribution in [1.29, 1.82) is 5.26 Å². The highest BCUT2D eigenvalue weighted by Gasteiger charge is 2.16. The summed E-state index contributed by atoms with van der Waals surface area (Å²) < 4.78 is 0. The fourth-order valence-corrected chi connectivity index (χ4v) is 1.29. The molecule has 0 heterocycles. The van der Waals surface area contributed by atoms with Crippen LogP contribution in [0.25, 0.3) is 0 Å². The first kappa shape index (κ1) is 12.0. The smallest absolute Gasteiger partial charge is 0.289 e. The summed E-state index contributed by atoms with van der Waals surface area (Å²) >= 11 is 0. The highest BCUT2D eigenvalue weighted by molar-refractivity contribution is 5.59. The number of nitro groups is 1. The summed E-state index contributed by atoms with van der Waals surface area (Å²) in [6.45, 7) is 5.87. The van der Waals surface area contributed by atoms with E-state index in [4.69, 9.17) is 5.26 Å². The summed E-state index contributed by atoms with van der Waals surface area (Å²) in [5.74, 6) is 0. The van der Waals surface area contributed by atoms with Crippen LogP contribution >= 0.6 is 0 Å². The molecule has 1 aromatic carbocycles. The van der Waals surface area contributed by atoms with Crippen molar-refractivity contribution >= 4 is 11.4 Å².